The van der Waals surface area contributed by atoms with Gasteiger partial charge in [-0.15, -0.1) is 0 Å². The number of halogens is 2. The molecule has 0 aliphatic rings. The molecule has 2 heterocycles. The Kier molecular flexibility index (Phi) is 4.68. The van der Waals surface area contributed by atoms with Gasteiger partial charge >= 0.3 is 0 Å². The zero-order chi connectivity index (χ0) is 19.0. The van der Waals surface area contributed by atoms with E-state index in [4.69, 9.17) is 16.0 Å². The average Bonchev–Trinajstić information content (AvgIpc) is 3.33. The summed E-state index contributed by atoms with van der Waals surface area (Å²) >= 11 is 7.59. The van der Waals surface area contributed by atoms with Crippen molar-refractivity contribution in [2.24, 2.45) is 0 Å². The Hall–Kier alpha value is -2.70. The van der Waals surface area contributed by atoms with Gasteiger partial charge in [-0.2, -0.15) is 0 Å². The van der Waals surface area contributed by atoms with Gasteiger partial charge in [-0.05, 0) is 61.0 Å². The summed E-state index contributed by atoms with van der Waals surface area (Å²) in [5, 5.41) is 1.16. The highest BCUT2D eigenvalue weighted by molar-refractivity contribution is 7.22. The number of rotatable bonds is 4. The lowest BCUT2D eigenvalue weighted by Gasteiger charge is -2.18. The maximum absolute atomic E-state index is 13.2. The predicted octanol–water partition coefficient (Wildman–Crippen LogP) is 5.84. The SMILES string of the molecule is Cc1c(Cl)ccc2sc(N(Cc3ccco3)C(=O)c3ccc(F)cc3)nc12. The third-order valence-electron chi connectivity index (χ3n) is 4.20. The van der Waals surface area contributed by atoms with Crippen molar-refractivity contribution in [1.82, 2.24) is 4.98 Å². The molecule has 0 atom stereocenters. The molecule has 0 bridgehead atoms. The molecule has 0 spiro atoms. The van der Waals surface area contributed by atoms with Crippen molar-refractivity contribution in [3.05, 3.63) is 82.5 Å². The van der Waals surface area contributed by atoms with Crippen molar-refractivity contribution >= 4 is 44.2 Å². The summed E-state index contributed by atoms with van der Waals surface area (Å²) in [6.07, 6.45) is 1.55. The second kappa shape index (κ2) is 7.13. The maximum Gasteiger partial charge on any atom is 0.260 e. The first kappa shape index (κ1) is 17.7. The minimum absolute atomic E-state index is 0.218. The van der Waals surface area contributed by atoms with Gasteiger partial charge in [0.2, 0.25) is 0 Å². The number of thiazole rings is 1. The number of benzene rings is 2. The Bertz CT molecular complexity index is 1110. The molecule has 0 fully saturated rings. The Balaban J connectivity index is 1.79. The molecule has 0 N–H and O–H groups in total. The maximum atomic E-state index is 13.2. The number of carbonyl (C=O) groups is 1. The average molecular weight is 401 g/mol. The minimum atomic E-state index is -0.394. The summed E-state index contributed by atoms with van der Waals surface area (Å²) in [5.74, 6) is -0.0527. The number of furan rings is 1. The minimum Gasteiger partial charge on any atom is -0.467 e. The van der Waals surface area contributed by atoms with Crippen LogP contribution in [0.1, 0.15) is 21.7 Å². The lowest BCUT2D eigenvalue weighted by atomic mass is 10.2. The molecule has 0 saturated heterocycles. The normalized spacial score (nSPS) is 11.1. The quantitative estimate of drug-likeness (QED) is 0.432. The highest BCUT2D eigenvalue weighted by Crippen LogP contribution is 2.34. The molecule has 0 unspecified atom stereocenters. The first-order valence-electron chi connectivity index (χ1n) is 8.18. The molecule has 4 aromatic rings. The first-order valence-corrected chi connectivity index (χ1v) is 9.38. The standard InChI is InChI=1S/C20H14ClFN2O2S/c1-12-16(21)8-9-17-18(12)23-20(27-17)24(11-15-3-2-10-26-15)19(25)13-4-6-14(22)7-5-13/h2-10H,11H2,1H3. The molecular formula is C20H14ClFN2O2S. The van der Waals surface area contributed by atoms with Crippen LogP contribution in [0.15, 0.2) is 59.2 Å². The van der Waals surface area contributed by atoms with E-state index in [0.29, 0.717) is 21.5 Å². The largest absolute Gasteiger partial charge is 0.467 e. The Morgan fingerprint density at radius 3 is 2.70 bits per heavy atom. The summed E-state index contributed by atoms with van der Waals surface area (Å²) in [6, 6.07) is 12.7. The first-order chi connectivity index (χ1) is 13.0. The Morgan fingerprint density at radius 2 is 2.00 bits per heavy atom. The number of amides is 1. The van der Waals surface area contributed by atoms with Gasteiger partial charge in [0, 0.05) is 10.6 Å². The smallest absolute Gasteiger partial charge is 0.260 e. The van der Waals surface area contributed by atoms with Crippen molar-refractivity contribution in [1.29, 1.82) is 0 Å². The number of carbonyl (C=O) groups excluding carboxylic acids is 1. The molecular weight excluding hydrogens is 387 g/mol. The topological polar surface area (TPSA) is 46.3 Å². The number of anilines is 1. The summed E-state index contributed by atoms with van der Waals surface area (Å²) < 4.78 is 19.6. The van der Waals surface area contributed by atoms with Gasteiger partial charge in [0.1, 0.15) is 11.6 Å². The Labute approximate surface area is 163 Å². The third kappa shape index (κ3) is 3.46. The number of fused-ring (bicyclic) bond motifs is 1. The van der Waals surface area contributed by atoms with Crippen LogP contribution in [0.25, 0.3) is 10.2 Å². The molecule has 0 aliphatic carbocycles. The summed E-state index contributed by atoms with van der Waals surface area (Å²) in [6.45, 7) is 2.11. The number of aryl methyl sites for hydroxylation is 1. The zero-order valence-electron chi connectivity index (χ0n) is 14.3. The highest BCUT2D eigenvalue weighted by Gasteiger charge is 2.23. The third-order valence-corrected chi connectivity index (χ3v) is 5.65. The van der Waals surface area contributed by atoms with Crippen LogP contribution >= 0.6 is 22.9 Å². The van der Waals surface area contributed by atoms with E-state index in [-0.39, 0.29) is 12.5 Å². The van der Waals surface area contributed by atoms with Crippen LogP contribution in [0.4, 0.5) is 9.52 Å². The van der Waals surface area contributed by atoms with Gasteiger partial charge in [0.15, 0.2) is 5.13 Å². The van der Waals surface area contributed by atoms with Gasteiger partial charge in [-0.25, -0.2) is 9.37 Å². The molecule has 0 radical (unpaired) electrons. The van der Waals surface area contributed by atoms with E-state index >= 15 is 0 Å². The lowest BCUT2D eigenvalue weighted by molar-refractivity contribution is 0.0983. The fourth-order valence-corrected chi connectivity index (χ4v) is 3.91. The van der Waals surface area contributed by atoms with Crippen LogP contribution in [-0.4, -0.2) is 10.9 Å². The second-order valence-electron chi connectivity index (χ2n) is 5.99. The number of hydrogen-bond acceptors (Lipinski definition) is 4. The van der Waals surface area contributed by atoms with Crippen molar-refractivity contribution < 1.29 is 13.6 Å². The molecule has 2 aromatic carbocycles. The van der Waals surface area contributed by atoms with Crippen LogP contribution in [0.3, 0.4) is 0 Å². The molecule has 4 rings (SSSR count). The summed E-state index contributed by atoms with van der Waals surface area (Å²) in [4.78, 5) is 19.3. The fourth-order valence-electron chi connectivity index (χ4n) is 2.74. The predicted molar refractivity (Wildman–Crippen MR) is 105 cm³/mol. The Morgan fingerprint density at radius 1 is 1.22 bits per heavy atom. The van der Waals surface area contributed by atoms with E-state index in [0.717, 1.165) is 15.8 Å². The highest BCUT2D eigenvalue weighted by atomic mass is 35.5. The van der Waals surface area contributed by atoms with Crippen LogP contribution in [0.2, 0.25) is 5.02 Å². The molecule has 0 aliphatic heterocycles. The number of hydrogen-bond donors (Lipinski definition) is 0. The van der Waals surface area contributed by atoms with E-state index in [1.54, 1.807) is 18.4 Å². The van der Waals surface area contributed by atoms with Crippen LogP contribution in [0.5, 0.6) is 0 Å². The molecule has 2 aromatic heterocycles. The van der Waals surface area contributed by atoms with Gasteiger partial charge in [-0.3, -0.25) is 9.69 Å². The molecule has 1 amide bonds. The van der Waals surface area contributed by atoms with E-state index in [2.05, 4.69) is 4.98 Å². The fraction of sp³-hybridized carbons (Fsp3) is 0.100. The van der Waals surface area contributed by atoms with Gasteiger partial charge in [0.05, 0.1) is 23.0 Å². The van der Waals surface area contributed by atoms with Gasteiger partial charge < -0.3 is 4.42 Å². The van der Waals surface area contributed by atoms with E-state index in [1.807, 2.05) is 19.1 Å². The van der Waals surface area contributed by atoms with Crippen molar-refractivity contribution in [2.45, 2.75) is 13.5 Å². The monoisotopic (exact) mass is 400 g/mol. The van der Waals surface area contributed by atoms with E-state index in [1.165, 1.54) is 40.5 Å². The molecule has 7 heteroatoms. The molecule has 27 heavy (non-hydrogen) atoms. The number of aromatic nitrogens is 1. The van der Waals surface area contributed by atoms with E-state index in [9.17, 15) is 9.18 Å². The zero-order valence-corrected chi connectivity index (χ0v) is 15.9. The summed E-state index contributed by atoms with van der Waals surface area (Å²) in [5.41, 5.74) is 2.00. The molecule has 4 nitrogen and oxygen atoms in total. The van der Waals surface area contributed by atoms with Crippen molar-refractivity contribution in [3.8, 4) is 0 Å². The van der Waals surface area contributed by atoms with Crippen LogP contribution < -0.4 is 4.90 Å². The van der Waals surface area contributed by atoms with Gasteiger partial charge in [-0.1, -0.05) is 22.9 Å². The molecule has 136 valence electrons. The second-order valence-corrected chi connectivity index (χ2v) is 7.41. The van der Waals surface area contributed by atoms with Crippen LogP contribution in [0, 0.1) is 12.7 Å². The van der Waals surface area contributed by atoms with Crippen LogP contribution in [-0.2, 0) is 6.54 Å². The summed E-state index contributed by atoms with van der Waals surface area (Å²) in [7, 11) is 0. The lowest BCUT2D eigenvalue weighted by Crippen LogP contribution is -2.30. The van der Waals surface area contributed by atoms with E-state index < -0.39 is 5.82 Å². The van der Waals surface area contributed by atoms with Crippen molar-refractivity contribution in [2.75, 3.05) is 4.90 Å². The van der Waals surface area contributed by atoms with Crippen molar-refractivity contribution in [3.63, 3.8) is 0 Å². The number of nitrogens with zero attached hydrogens (tertiary/aromatic N) is 2. The van der Waals surface area contributed by atoms with Gasteiger partial charge in [0.25, 0.3) is 5.91 Å². The molecule has 0 saturated carbocycles.